The molecule has 0 fully saturated rings. The smallest absolute Gasteiger partial charge is 0.305 e. The fourth-order valence-electron chi connectivity index (χ4n) is 2.60. The van der Waals surface area contributed by atoms with Gasteiger partial charge in [0.2, 0.25) is 0 Å². The van der Waals surface area contributed by atoms with Crippen LogP contribution in [0.25, 0.3) is 0 Å². The number of hydrogen-bond donors (Lipinski definition) is 0. The number of hydrogen-bond acceptors (Lipinski definition) is 3. The quantitative estimate of drug-likeness (QED) is 0.229. The van der Waals surface area contributed by atoms with Crippen LogP contribution in [0.1, 0.15) is 58.3 Å². The van der Waals surface area contributed by atoms with Gasteiger partial charge in [-0.1, -0.05) is 56.2 Å². The molecule has 0 aliphatic heterocycles. The zero-order valence-corrected chi connectivity index (χ0v) is 15.0. The summed E-state index contributed by atoms with van der Waals surface area (Å²) >= 11 is 0. The summed E-state index contributed by atoms with van der Waals surface area (Å²) in [5.41, 5.74) is 0.876. The summed E-state index contributed by atoms with van der Waals surface area (Å²) in [5, 5.41) is 0. The number of ketones is 1. The second-order valence-corrected chi connectivity index (χ2v) is 6.05. The summed E-state index contributed by atoms with van der Waals surface area (Å²) in [6.07, 6.45) is 21.7. The van der Waals surface area contributed by atoms with Crippen molar-refractivity contribution in [3.63, 3.8) is 0 Å². The zero-order chi connectivity index (χ0) is 17.6. The number of carbonyl (C=O) groups excluding carboxylic acids is 2. The molecule has 0 aromatic carbocycles. The summed E-state index contributed by atoms with van der Waals surface area (Å²) in [4.78, 5) is 22.9. The van der Waals surface area contributed by atoms with Crippen molar-refractivity contribution in [2.75, 3.05) is 7.11 Å². The van der Waals surface area contributed by atoms with E-state index >= 15 is 0 Å². The van der Waals surface area contributed by atoms with E-state index in [4.69, 9.17) is 0 Å². The Morgan fingerprint density at radius 2 is 1.96 bits per heavy atom. The molecule has 3 nitrogen and oxygen atoms in total. The lowest BCUT2D eigenvalue weighted by Gasteiger charge is -2.06. The molecule has 0 N–H and O–H groups in total. The minimum Gasteiger partial charge on any atom is -0.469 e. The molecule has 0 bridgehead atoms. The number of allylic oxidation sites excluding steroid dienone is 8. The fraction of sp³-hybridized carbons (Fsp3) is 0.524. The molecule has 1 rings (SSSR count). The number of methoxy groups -OCH3 is 1. The maximum atomic E-state index is 11.9. The van der Waals surface area contributed by atoms with E-state index in [0.717, 1.165) is 31.3 Å². The number of esters is 1. The average Bonchev–Trinajstić information content (AvgIpc) is 2.94. The number of ether oxygens (including phenoxy) is 1. The first-order valence-electron chi connectivity index (χ1n) is 9.00. The molecule has 1 aliphatic carbocycles. The van der Waals surface area contributed by atoms with Crippen LogP contribution in [-0.2, 0) is 14.3 Å². The first kappa shape index (κ1) is 20.1. The molecule has 0 spiro atoms. The van der Waals surface area contributed by atoms with Gasteiger partial charge in [0.15, 0.2) is 5.78 Å². The highest BCUT2D eigenvalue weighted by molar-refractivity contribution is 6.07. The molecular formula is C21H30O3. The maximum Gasteiger partial charge on any atom is 0.305 e. The van der Waals surface area contributed by atoms with Crippen LogP contribution in [0.4, 0.5) is 0 Å². The Kier molecular flexibility index (Phi) is 10.5. The zero-order valence-electron chi connectivity index (χ0n) is 15.0. The first-order valence-corrected chi connectivity index (χ1v) is 9.00. The van der Waals surface area contributed by atoms with E-state index in [1.165, 1.54) is 26.4 Å². The summed E-state index contributed by atoms with van der Waals surface area (Å²) in [6, 6.07) is 0. The van der Waals surface area contributed by atoms with Crippen molar-refractivity contribution in [2.45, 2.75) is 58.3 Å². The van der Waals surface area contributed by atoms with E-state index in [0.29, 0.717) is 6.42 Å². The number of carbonyl (C=O) groups is 2. The SMILES string of the molecule is CCCCC/C=C/C=C1/C(=O)C=C[C@@H]1C/C=C\CCCC(=O)OC. The minimum absolute atomic E-state index is 0.122. The molecule has 0 radical (unpaired) electrons. The predicted molar refractivity (Wildman–Crippen MR) is 98.6 cm³/mol. The van der Waals surface area contributed by atoms with Crippen molar-refractivity contribution < 1.29 is 14.3 Å². The van der Waals surface area contributed by atoms with Crippen LogP contribution < -0.4 is 0 Å². The molecule has 3 heteroatoms. The largest absolute Gasteiger partial charge is 0.469 e. The molecule has 1 atom stereocenters. The Hall–Kier alpha value is -1.90. The average molecular weight is 330 g/mol. The van der Waals surface area contributed by atoms with Gasteiger partial charge in [-0.05, 0) is 38.2 Å². The minimum atomic E-state index is -0.163. The Bertz CT molecular complexity index is 509. The van der Waals surface area contributed by atoms with Gasteiger partial charge >= 0.3 is 5.97 Å². The third-order valence-corrected chi connectivity index (χ3v) is 4.09. The topological polar surface area (TPSA) is 43.4 Å². The van der Waals surface area contributed by atoms with Crippen molar-refractivity contribution >= 4 is 11.8 Å². The van der Waals surface area contributed by atoms with Crippen LogP contribution in [0, 0.1) is 5.92 Å². The van der Waals surface area contributed by atoms with Crippen LogP contribution in [0.15, 0.2) is 48.1 Å². The molecule has 1 aliphatic rings. The van der Waals surface area contributed by atoms with Crippen molar-refractivity contribution in [1.82, 2.24) is 0 Å². The summed E-state index contributed by atoms with van der Waals surface area (Å²) in [6.45, 7) is 2.20. The van der Waals surface area contributed by atoms with Gasteiger partial charge in [-0.3, -0.25) is 9.59 Å². The van der Waals surface area contributed by atoms with E-state index in [1.807, 2.05) is 18.2 Å². The molecule has 0 saturated heterocycles. The van der Waals surface area contributed by atoms with Crippen molar-refractivity contribution in [3.05, 3.63) is 48.1 Å². The van der Waals surface area contributed by atoms with Crippen LogP contribution in [0.5, 0.6) is 0 Å². The van der Waals surface area contributed by atoms with Crippen LogP contribution in [-0.4, -0.2) is 18.9 Å². The fourth-order valence-corrected chi connectivity index (χ4v) is 2.60. The van der Waals surface area contributed by atoms with Gasteiger partial charge < -0.3 is 4.74 Å². The van der Waals surface area contributed by atoms with Gasteiger partial charge in [0.05, 0.1) is 7.11 Å². The second kappa shape index (κ2) is 12.5. The molecule has 0 aromatic heterocycles. The normalized spacial score (nSPS) is 19.2. The Morgan fingerprint density at radius 3 is 2.71 bits per heavy atom. The summed E-state index contributed by atoms with van der Waals surface area (Å²) in [5.74, 6) is 0.135. The lowest BCUT2D eigenvalue weighted by molar-refractivity contribution is -0.140. The predicted octanol–water partition coefficient (Wildman–Crippen LogP) is 5.09. The Labute approximate surface area is 146 Å². The lowest BCUT2D eigenvalue weighted by Crippen LogP contribution is -2.01. The highest BCUT2D eigenvalue weighted by Gasteiger charge is 2.20. The van der Waals surface area contributed by atoms with Crippen molar-refractivity contribution in [1.29, 1.82) is 0 Å². The highest BCUT2D eigenvalue weighted by atomic mass is 16.5. The van der Waals surface area contributed by atoms with E-state index in [2.05, 4.69) is 29.9 Å². The van der Waals surface area contributed by atoms with Gasteiger partial charge in [-0.15, -0.1) is 0 Å². The molecule has 0 aromatic rings. The first-order chi connectivity index (χ1) is 11.7. The van der Waals surface area contributed by atoms with Crippen molar-refractivity contribution in [3.8, 4) is 0 Å². The standard InChI is InChI=1S/C21H30O3/c1-3-4-5-6-7-11-14-19-18(16-17-20(19)22)13-10-8-9-12-15-21(23)24-2/h7-8,10-11,14,16-18H,3-6,9,12-13,15H2,1-2H3/b10-8-,11-7+,19-14+/t18-/m0/s1. The molecular weight excluding hydrogens is 300 g/mol. The number of unbranched alkanes of at least 4 members (excludes halogenated alkanes) is 4. The maximum absolute atomic E-state index is 11.9. The monoisotopic (exact) mass is 330 g/mol. The van der Waals surface area contributed by atoms with E-state index in [-0.39, 0.29) is 17.7 Å². The van der Waals surface area contributed by atoms with E-state index < -0.39 is 0 Å². The third kappa shape index (κ3) is 8.09. The van der Waals surface area contributed by atoms with E-state index in [1.54, 1.807) is 6.08 Å². The molecule has 0 unspecified atom stereocenters. The van der Waals surface area contributed by atoms with Crippen molar-refractivity contribution in [2.24, 2.45) is 5.92 Å². The molecule has 0 heterocycles. The van der Waals surface area contributed by atoms with Gasteiger partial charge in [0.1, 0.15) is 0 Å². The molecule has 0 saturated carbocycles. The highest BCUT2D eigenvalue weighted by Crippen LogP contribution is 2.25. The van der Waals surface area contributed by atoms with Gasteiger partial charge in [0, 0.05) is 17.9 Å². The lowest BCUT2D eigenvalue weighted by atomic mass is 9.97. The summed E-state index contributed by atoms with van der Waals surface area (Å²) in [7, 11) is 1.41. The Balaban J connectivity index is 2.36. The molecule has 0 amide bonds. The van der Waals surface area contributed by atoms with Gasteiger partial charge in [-0.25, -0.2) is 0 Å². The van der Waals surface area contributed by atoms with Gasteiger partial charge in [0.25, 0.3) is 0 Å². The molecule has 24 heavy (non-hydrogen) atoms. The van der Waals surface area contributed by atoms with E-state index in [9.17, 15) is 9.59 Å². The number of rotatable bonds is 11. The van der Waals surface area contributed by atoms with Gasteiger partial charge in [-0.2, -0.15) is 0 Å². The summed E-state index contributed by atoms with van der Waals surface area (Å²) < 4.78 is 4.61. The van der Waals surface area contributed by atoms with Crippen LogP contribution in [0.2, 0.25) is 0 Å². The second-order valence-electron chi connectivity index (χ2n) is 6.05. The van der Waals surface area contributed by atoms with Crippen LogP contribution >= 0.6 is 0 Å². The van der Waals surface area contributed by atoms with Crippen LogP contribution in [0.3, 0.4) is 0 Å². The third-order valence-electron chi connectivity index (χ3n) is 4.09. The molecule has 132 valence electrons. The Morgan fingerprint density at radius 1 is 1.17 bits per heavy atom.